The minimum absolute atomic E-state index is 0.915. The van der Waals surface area contributed by atoms with Crippen molar-refractivity contribution >= 4 is 10.9 Å². The van der Waals surface area contributed by atoms with Crippen LogP contribution < -0.4 is 5.32 Å². The molecule has 0 spiro atoms. The summed E-state index contributed by atoms with van der Waals surface area (Å²) < 4.78 is 0. The fourth-order valence-electron chi connectivity index (χ4n) is 3.36. The van der Waals surface area contributed by atoms with Gasteiger partial charge in [0.2, 0.25) is 0 Å². The number of nitrogens with zero attached hydrogens (tertiary/aromatic N) is 1. The first-order chi connectivity index (χ1) is 10.9. The lowest BCUT2D eigenvalue weighted by Gasteiger charge is -2.22. The first-order valence-electron chi connectivity index (χ1n) is 8.07. The lowest BCUT2D eigenvalue weighted by Crippen LogP contribution is -2.25. The van der Waals surface area contributed by atoms with E-state index in [9.17, 15) is 0 Å². The van der Waals surface area contributed by atoms with Gasteiger partial charge in [-0.25, -0.2) is 0 Å². The number of nitrogens with one attached hydrogen (secondary N) is 1. The van der Waals surface area contributed by atoms with Gasteiger partial charge < -0.3 is 5.32 Å². The highest BCUT2D eigenvalue weighted by molar-refractivity contribution is 5.96. The van der Waals surface area contributed by atoms with Gasteiger partial charge in [0.1, 0.15) is 0 Å². The fraction of sp³-hybridized carbons (Fsp3) is 0.250. The Morgan fingerprint density at radius 1 is 1.05 bits per heavy atom. The van der Waals surface area contributed by atoms with E-state index in [2.05, 4.69) is 60.8 Å². The van der Waals surface area contributed by atoms with Crippen molar-refractivity contribution in [2.24, 2.45) is 0 Å². The van der Waals surface area contributed by atoms with Gasteiger partial charge in [-0.15, -0.1) is 0 Å². The van der Waals surface area contributed by atoms with Crippen molar-refractivity contribution in [3.8, 4) is 11.1 Å². The number of benzene rings is 2. The number of aryl methyl sites for hydroxylation is 1. The average Bonchev–Trinajstić information content (AvgIpc) is 2.60. The summed E-state index contributed by atoms with van der Waals surface area (Å²) in [6.45, 7) is 4.13. The Balaban J connectivity index is 2.01. The molecule has 0 aliphatic carbocycles. The molecule has 0 bridgehead atoms. The Bertz CT molecular complexity index is 819. The molecule has 0 amide bonds. The Kier molecular flexibility index (Phi) is 3.39. The zero-order valence-corrected chi connectivity index (χ0v) is 12.9. The van der Waals surface area contributed by atoms with E-state index in [1.807, 2.05) is 0 Å². The van der Waals surface area contributed by atoms with E-state index in [0.717, 1.165) is 31.4 Å². The van der Waals surface area contributed by atoms with Crippen LogP contribution in [0.1, 0.15) is 23.7 Å². The second-order valence-electron chi connectivity index (χ2n) is 5.91. The normalized spacial score (nSPS) is 14.0. The SMILES string of the molecule is CCc1ccc(-c2c3c(nc4ccccc24)CCNC3)cc1. The molecule has 4 rings (SSSR count). The highest BCUT2D eigenvalue weighted by atomic mass is 14.9. The van der Waals surface area contributed by atoms with E-state index >= 15 is 0 Å². The molecule has 1 aliphatic heterocycles. The molecule has 2 heterocycles. The third-order valence-corrected chi connectivity index (χ3v) is 4.57. The second-order valence-corrected chi connectivity index (χ2v) is 5.91. The maximum Gasteiger partial charge on any atom is 0.0711 e. The minimum atomic E-state index is 0.915. The highest BCUT2D eigenvalue weighted by Crippen LogP contribution is 2.34. The molecule has 2 heteroatoms. The molecule has 2 nitrogen and oxygen atoms in total. The molecule has 2 aromatic carbocycles. The number of rotatable bonds is 2. The Morgan fingerprint density at radius 2 is 1.86 bits per heavy atom. The van der Waals surface area contributed by atoms with Gasteiger partial charge in [0, 0.05) is 30.6 Å². The lowest BCUT2D eigenvalue weighted by atomic mass is 9.91. The van der Waals surface area contributed by atoms with E-state index in [1.54, 1.807) is 0 Å². The summed E-state index contributed by atoms with van der Waals surface area (Å²) in [6, 6.07) is 17.5. The summed E-state index contributed by atoms with van der Waals surface area (Å²) in [5, 5.41) is 4.76. The lowest BCUT2D eigenvalue weighted by molar-refractivity contribution is 0.634. The molecule has 3 aromatic rings. The number of hydrogen-bond acceptors (Lipinski definition) is 2. The molecular weight excluding hydrogens is 268 g/mol. The standard InChI is InChI=1S/C20H20N2/c1-2-14-7-9-15(10-8-14)20-16-5-3-4-6-18(16)22-19-11-12-21-13-17(19)20/h3-10,21H,2,11-13H2,1H3. The van der Waals surface area contributed by atoms with E-state index < -0.39 is 0 Å². The van der Waals surface area contributed by atoms with Crippen molar-refractivity contribution in [2.45, 2.75) is 26.3 Å². The van der Waals surface area contributed by atoms with Crippen LogP contribution in [0.25, 0.3) is 22.0 Å². The van der Waals surface area contributed by atoms with Crippen LogP contribution >= 0.6 is 0 Å². The summed E-state index contributed by atoms with van der Waals surface area (Å²) in [4.78, 5) is 4.90. The molecule has 110 valence electrons. The van der Waals surface area contributed by atoms with Crippen LogP contribution in [0.15, 0.2) is 48.5 Å². The van der Waals surface area contributed by atoms with E-state index in [0.29, 0.717) is 0 Å². The maximum atomic E-state index is 4.90. The van der Waals surface area contributed by atoms with Crippen LogP contribution in [0.3, 0.4) is 0 Å². The topological polar surface area (TPSA) is 24.9 Å². The van der Waals surface area contributed by atoms with Crippen LogP contribution in [-0.2, 0) is 19.4 Å². The van der Waals surface area contributed by atoms with E-state index in [-0.39, 0.29) is 0 Å². The van der Waals surface area contributed by atoms with Crippen LogP contribution in [0.4, 0.5) is 0 Å². The smallest absolute Gasteiger partial charge is 0.0711 e. The number of pyridine rings is 1. The number of fused-ring (bicyclic) bond motifs is 2. The molecule has 1 N–H and O–H groups in total. The second kappa shape index (κ2) is 5.54. The van der Waals surface area contributed by atoms with Crippen LogP contribution in [0.5, 0.6) is 0 Å². The number of para-hydroxylation sites is 1. The Labute approximate surface area is 131 Å². The summed E-state index contributed by atoms with van der Waals surface area (Å²) in [7, 11) is 0. The maximum absolute atomic E-state index is 4.90. The molecule has 0 radical (unpaired) electrons. The molecular formula is C20H20N2. The van der Waals surface area contributed by atoms with Crippen molar-refractivity contribution in [1.29, 1.82) is 0 Å². The molecule has 0 unspecified atom stereocenters. The zero-order valence-electron chi connectivity index (χ0n) is 12.9. The predicted molar refractivity (Wildman–Crippen MR) is 92.0 cm³/mol. The molecule has 0 saturated heterocycles. The van der Waals surface area contributed by atoms with Gasteiger partial charge >= 0.3 is 0 Å². The Hall–Kier alpha value is -2.19. The molecule has 1 aromatic heterocycles. The fourth-order valence-corrected chi connectivity index (χ4v) is 3.36. The first kappa shape index (κ1) is 13.5. The first-order valence-corrected chi connectivity index (χ1v) is 8.07. The Morgan fingerprint density at radius 3 is 2.68 bits per heavy atom. The summed E-state index contributed by atoms with van der Waals surface area (Å²) in [5.74, 6) is 0. The van der Waals surface area contributed by atoms with Crippen LogP contribution in [0, 0.1) is 0 Å². The van der Waals surface area contributed by atoms with Crippen molar-refractivity contribution in [3.05, 3.63) is 65.4 Å². The van der Waals surface area contributed by atoms with Gasteiger partial charge in [-0.2, -0.15) is 0 Å². The third kappa shape index (κ3) is 2.20. The average molecular weight is 288 g/mol. The van der Waals surface area contributed by atoms with Gasteiger partial charge in [0.15, 0.2) is 0 Å². The van der Waals surface area contributed by atoms with Crippen LogP contribution in [-0.4, -0.2) is 11.5 Å². The van der Waals surface area contributed by atoms with E-state index in [4.69, 9.17) is 4.98 Å². The molecule has 0 atom stereocenters. The van der Waals surface area contributed by atoms with Crippen LogP contribution in [0.2, 0.25) is 0 Å². The van der Waals surface area contributed by atoms with Gasteiger partial charge in [-0.1, -0.05) is 49.4 Å². The van der Waals surface area contributed by atoms with E-state index in [1.165, 1.54) is 33.3 Å². The minimum Gasteiger partial charge on any atom is -0.312 e. The van der Waals surface area contributed by atoms with Gasteiger partial charge in [-0.05, 0) is 34.7 Å². The van der Waals surface area contributed by atoms with Crippen molar-refractivity contribution in [2.75, 3.05) is 6.54 Å². The molecule has 0 saturated carbocycles. The summed E-state index contributed by atoms with van der Waals surface area (Å²) in [6.07, 6.45) is 2.09. The quantitative estimate of drug-likeness (QED) is 0.767. The predicted octanol–water partition coefficient (Wildman–Crippen LogP) is 4.11. The highest BCUT2D eigenvalue weighted by Gasteiger charge is 2.18. The monoisotopic (exact) mass is 288 g/mol. The molecule has 22 heavy (non-hydrogen) atoms. The molecule has 1 aliphatic rings. The summed E-state index contributed by atoms with van der Waals surface area (Å²) in [5.41, 5.74) is 7.78. The van der Waals surface area contributed by atoms with Gasteiger partial charge in [0.25, 0.3) is 0 Å². The molecule has 0 fully saturated rings. The number of hydrogen-bond donors (Lipinski definition) is 1. The van der Waals surface area contributed by atoms with Crippen molar-refractivity contribution in [1.82, 2.24) is 10.3 Å². The van der Waals surface area contributed by atoms with Crippen molar-refractivity contribution in [3.63, 3.8) is 0 Å². The summed E-state index contributed by atoms with van der Waals surface area (Å²) >= 11 is 0. The zero-order chi connectivity index (χ0) is 14.9. The third-order valence-electron chi connectivity index (χ3n) is 4.57. The van der Waals surface area contributed by atoms with Gasteiger partial charge in [-0.3, -0.25) is 4.98 Å². The largest absolute Gasteiger partial charge is 0.312 e. The van der Waals surface area contributed by atoms with Crippen molar-refractivity contribution < 1.29 is 0 Å². The number of aromatic nitrogens is 1. The van der Waals surface area contributed by atoms with Gasteiger partial charge in [0.05, 0.1) is 5.52 Å².